The van der Waals surface area contributed by atoms with E-state index in [1.807, 2.05) is 25.1 Å². The maximum absolute atomic E-state index is 12.2. The number of amides is 1. The molecule has 1 aliphatic rings. The van der Waals surface area contributed by atoms with Crippen LogP contribution >= 0.6 is 0 Å². The van der Waals surface area contributed by atoms with Crippen molar-refractivity contribution in [3.05, 3.63) is 47.2 Å². The van der Waals surface area contributed by atoms with Gasteiger partial charge >= 0.3 is 0 Å². The highest BCUT2D eigenvalue weighted by molar-refractivity contribution is 5.88. The van der Waals surface area contributed by atoms with Crippen molar-refractivity contribution in [1.29, 1.82) is 0 Å². The van der Waals surface area contributed by atoms with Gasteiger partial charge in [-0.25, -0.2) is 9.97 Å². The molecule has 1 fully saturated rings. The van der Waals surface area contributed by atoms with Crippen molar-refractivity contribution in [2.75, 3.05) is 46.2 Å². The van der Waals surface area contributed by atoms with E-state index in [2.05, 4.69) is 20.3 Å². The summed E-state index contributed by atoms with van der Waals surface area (Å²) in [6, 6.07) is 3.46. The minimum absolute atomic E-state index is 0.0179. The Labute approximate surface area is 163 Å². The number of methoxy groups -OCH3 is 1. The SMILES string of the molecule is COc1cc(-c2c[nH]c(=O)c(NC3CN(C(=O)C=CCN(C)C)C3)c2)ncn1. The third-order valence-corrected chi connectivity index (χ3v) is 4.33. The first-order chi connectivity index (χ1) is 13.5. The molecule has 1 saturated heterocycles. The summed E-state index contributed by atoms with van der Waals surface area (Å²) >= 11 is 0. The molecular weight excluding hydrogens is 360 g/mol. The summed E-state index contributed by atoms with van der Waals surface area (Å²) in [6.07, 6.45) is 6.44. The molecule has 0 aromatic carbocycles. The predicted molar refractivity (Wildman–Crippen MR) is 106 cm³/mol. The summed E-state index contributed by atoms with van der Waals surface area (Å²) in [7, 11) is 5.43. The van der Waals surface area contributed by atoms with Crippen molar-refractivity contribution >= 4 is 11.6 Å². The molecule has 28 heavy (non-hydrogen) atoms. The van der Waals surface area contributed by atoms with Gasteiger partial charge < -0.3 is 24.8 Å². The zero-order chi connectivity index (χ0) is 20.1. The molecule has 9 heteroatoms. The molecule has 3 rings (SSSR count). The number of nitrogens with one attached hydrogen (secondary N) is 2. The number of aromatic nitrogens is 3. The summed E-state index contributed by atoms with van der Waals surface area (Å²) in [6.45, 7) is 1.82. The number of H-pyrrole nitrogens is 1. The second-order valence-corrected chi connectivity index (χ2v) is 6.83. The normalized spacial score (nSPS) is 14.4. The number of rotatable bonds is 7. The molecule has 0 bridgehead atoms. The molecule has 9 nitrogen and oxygen atoms in total. The van der Waals surface area contributed by atoms with Crippen molar-refractivity contribution in [2.45, 2.75) is 6.04 Å². The number of likely N-dealkylation sites (tertiary alicyclic amines) is 1. The number of carbonyl (C=O) groups excluding carboxylic acids is 1. The number of hydrogen-bond acceptors (Lipinski definition) is 7. The number of aromatic amines is 1. The molecule has 1 aliphatic heterocycles. The minimum Gasteiger partial charge on any atom is -0.481 e. The Morgan fingerprint density at radius 3 is 2.89 bits per heavy atom. The van der Waals surface area contributed by atoms with Gasteiger partial charge in [-0.1, -0.05) is 6.08 Å². The topological polar surface area (TPSA) is 103 Å². The average Bonchev–Trinajstić information content (AvgIpc) is 2.65. The molecule has 2 N–H and O–H groups in total. The molecule has 1 amide bonds. The Bertz CT molecular complexity index is 918. The van der Waals surface area contributed by atoms with Gasteiger partial charge in [0.05, 0.1) is 18.8 Å². The Hall–Kier alpha value is -3.20. The van der Waals surface area contributed by atoms with E-state index in [1.165, 1.54) is 13.4 Å². The molecule has 0 atom stereocenters. The number of carbonyl (C=O) groups is 1. The Kier molecular flexibility index (Phi) is 6.05. The summed E-state index contributed by atoms with van der Waals surface area (Å²) in [5.41, 5.74) is 1.60. The van der Waals surface area contributed by atoms with Gasteiger partial charge in [0.2, 0.25) is 11.8 Å². The van der Waals surface area contributed by atoms with E-state index in [1.54, 1.807) is 29.3 Å². The predicted octanol–water partition coefficient (Wildman–Crippen LogP) is 0.581. The van der Waals surface area contributed by atoms with Gasteiger partial charge in [0.1, 0.15) is 12.0 Å². The van der Waals surface area contributed by atoms with Crippen LogP contribution in [0, 0.1) is 0 Å². The minimum atomic E-state index is -0.222. The molecule has 0 saturated carbocycles. The number of nitrogens with zero attached hydrogens (tertiary/aromatic N) is 4. The van der Waals surface area contributed by atoms with Gasteiger partial charge in [-0.05, 0) is 20.2 Å². The van der Waals surface area contributed by atoms with Gasteiger partial charge in [-0.2, -0.15) is 0 Å². The smallest absolute Gasteiger partial charge is 0.271 e. The zero-order valence-corrected chi connectivity index (χ0v) is 16.2. The molecule has 2 aromatic heterocycles. The molecule has 3 heterocycles. The first kappa shape index (κ1) is 19.6. The van der Waals surface area contributed by atoms with Gasteiger partial charge in [0.15, 0.2) is 0 Å². The van der Waals surface area contributed by atoms with Crippen LogP contribution in [-0.4, -0.2) is 77.5 Å². The zero-order valence-electron chi connectivity index (χ0n) is 16.2. The quantitative estimate of drug-likeness (QED) is 0.673. The van der Waals surface area contributed by atoms with E-state index in [9.17, 15) is 9.59 Å². The van der Waals surface area contributed by atoms with Crippen molar-refractivity contribution in [2.24, 2.45) is 0 Å². The average molecular weight is 384 g/mol. The van der Waals surface area contributed by atoms with Crippen molar-refractivity contribution < 1.29 is 9.53 Å². The van der Waals surface area contributed by atoms with E-state index in [-0.39, 0.29) is 17.5 Å². The van der Waals surface area contributed by atoms with E-state index in [4.69, 9.17) is 4.74 Å². The second kappa shape index (κ2) is 8.66. The van der Waals surface area contributed by atoms with Crippen molar-refractivity contribution in [3.8, 4) is 17.1 Å². The number of hydrogen-bond donors (Lipinski definition) is 2. The summed E-state index contributed by atoms with van der Waals surface area (Å²) in [5, 5.41) is 3.20. The fraction of sp³-hybridized carbons (Fsp3) is 0.368. The number of pyridine rings is 1. The molecule has 2 aromatic rings. The third-order valence-electron chi connectivity index (χ3n) is 4.33. The van der Waals surface area contributed by atoms with Crippen LogP contribution in [0.5, 0.6) is 5.88 Å². The van der Waals surface area contributed by atoms with Gasteiger partial charge in [0.25, 0.3) is 5.56 Å². The fourth-order valence-electron chi connectivity index (χ4n) is 2.79. The molecule has 0 unspecified atom stereocenters. The summed E-state index contributed by atoms with van der Waals surface area (Å²) in [5.74, 6) is 0.428. The van der Waals surface area contributed by atoms with E-state index < -0.39 is 0 Å². The van der Waals surface area contributed by atoms with Gasteiger partial charge in [0, 0.05) is 43.5 Å². The largest absolute Gasteiger partial charge is 0.481 e. The van der Waals surface area contributed by atoms with Crippen LogP contribution in [0.15, 0.2) is 41.6 Å². The highest BCUT2D eigenvalue weighted by Gasteiger charge is 2.29. The van der Waals surface area contributed by atoms with Crippen LogP contribution in [0.3, 0.4) is 0 Å². The maximum Gasteiger partial charge on any atom is 0.271 e. The maximum atomic E-state index is 12.2. The lowest BCUT2D eigenvalue weighted by Gasteiger charge is -2.39. The van der Waals surface area contributed by atoms with Crippen LogP contribution in [-0.2, 0) is 4.79 Å². The molecule has 0 radical (unpaired) electrons. The van der Waals surface area contributed by atoms with Crippen LogP contribution in [0.25, 0.3) is 11.3 Å². The van der Waals surface area contributed by atoms with Crippen LogP contribution in [0.1, 0.15) is 0 Å². The Morgan fingerprint density at radius 1 is 1.39 bits per heavy atom. The molecule has 0 aliphatic carbocycles. The highest BCUT2D eigenvalue weighted by Crippen LogP contribution is 2.21. The van der Waals surface area contributed by atoms with Crippen molar-refractivity contribution in [3.63, 3.8) is 0 Å². The van der Waals surface area contributed by atoms with Gasteiger partial charge in [-0.15, -0.1) is 0 Å². The number of likely N-dealkylation sites (N-methyl/N-ethyl adjacent to an activating group) is 1. The van der Waals surface area contributed by atoms with E-state index in [0.29, 0.717) is 30.4 Å². The number of anilines is 1. The lowest BCUT2D eigenvalue weighted by atomic mass is 10.1. The summed E-state index contributed by atoms with van der Waals surface area (Å²) in [4.78, 5) is 38.8. The molecular formula is C19H24N6O3. The number of ether oxygens (including phenoxy) is 1. The molecule has 0 spiro atoms. The Balaban J connectivity index is 1.62. The van der Waals surface area contributed by atoms with Crippen LogP contribution < -0.4 is 15.6 Å². The lowest BCUT2D eigenvalue weighted by molar-refractivity contribution is -0.129. The monoisotopic (exact) mass is 384 g/mol. The Morgan fingerprint density at radius 2 is 2.18 bits per heavy atom. The standard InChI is InChI=1S/C19H24N6O3/c1-24(2)6-4-5-18(26)25-10-14(11-25)23-16-7-13(9-20-19(16)27)15-8-17(28-3)22-12-21-15/h4-5,7-9,12,14,23H,6,10-11H2,1-3H3,(H,20,27). The first-order valence-corrected chi connectivity index (χ1v) is 8.92. The third kappa shape index (κ3) is 4.74. The van der Waals surface area contributed by atoms with Gasteiger partial charge in [-0.3, -0.25) is 9.59 Å². The van der Waals surface area contributed by atoms with Crippen LogP contribution in [0.4, 0.5) is 5.69 Å². The molecule has 148 valence electrons. The van der Waals surface area contributed by atoms with Crippen molar-refractivity contribution in [1.82, 2.24) is 24.8 Å². The van der Waals surface area contributed by atoms with Crippen LogP contribution in [0.2, 0.25) is 0 Å². The fourth-order valence-corrected chi connectivity index (χ4v) is 2.79. The first-order valence-electron chi connectivity index (χ1n) is 8.92. The van der Waals surface area contributed by atoms with E-state index >= 15 is 0 Å². The highest BCUT2D eigenvalue weighted by atomic mass is 16.5. The summed E-state index contributed by atoms with van der Waals surface area (Å²) < 4.78 is 5.11. The lowest BCUT2D eigenvalue weighted by Crippen LogP contribution is -2.57. The van der Waals surface area contributed by atoms with E-state index in [0.717, 1.165) is 12.1 Å². The second-order valence-electron chi connectivity index (χ2n) is 6.83.